The molecule has 0 saturated heterocycles. The van der Waals surface area contributed by atoms with E-state index in [2.05, 4.69) is 25.3 Å². The fraction of sp³-hybridized carbons (Fsp3) is 0.368. The van der Waals surface area contributed by atoms with Gasteiger partial charge in [-0.15, -0.1) is 0 Å². The summed E-state index contributed by atoms with van der Waals surface area (Å²) in [4.78, 5) is 32.2. The van der Waals surface area contributed by atoms with E-state index in [9.17, 15) is 22.8 Å². The Bertz CT molecular complexity index is 887. The molecule has 0 bridgehead atoms. The van der Waals surface area contributed by atoms with Crippen LogP contribution in [0.1, 0.15) is 51.9 Å². The van der Waals surface area contributed by atoms with Crippen LogP contribution in [0.5, 0.6) is 5.88 Å². The summed E-state index contributed by atoms with van der Waals surface area (Å²) in [6, 6.07) is 3.96. The van der Waals surface area contributed by atoms with Crippen molar-refractivity contribution in [2.24, 2.45) is 0 Å². The second kappa shape index (κ2) is 9.35. The summed E-state index contributed by atoms with van der Waals surface area (Å²) in [5, 5.41) is 5.36. The number of carbonyl (C=O) groups is 2. The third-order valence-corrected chi connectivity index (χ3v) is 3.86. The molecule has 0 aliphatic heterocycles. The summed E-state index contributed by atoms with van der Waals surface area (Å²) >= 11 is 0. The molecular formula is C19H21F3N4O3. The highest BCUT2D eigenvalue weighted by molar-refractivity contribution is 5.98. The van der Waals surface area contributed by atoms with Gasteiger partial charge in [-0.2, -0.15) is 13.2 Å². The Hall–Kier alpha value is -3.17. The molecule has 0 radical (unpaired) electrons. The predicted molar refractivity (Wildman–Crippen MR) is 98.6 cm³/mol. The van der Waals surface area contributed by atoms with Crippen LogP contribution in [-0.2, 0) is 0 Å². The first-order valence-electron chi connectivity index (χ1n) is 8.82. The number of nitrogens with one attached hydrogen (secondary N) is 2. The van der Waals surface area contributed by atoms with E-state index in [4.69, 9.17) is 0 Å². The first kappa shape index (κ1) is 22.1. The number of aromatic nitrogens is 2. The van der Waals surface area contributed by atoms with Gasteiger partial charge in [-0.25, -0.2) is 4.98 Å². The Morgan fingerprint density at radius 1 is 1.21 bits per heavy atom. The molecule has 2 heterocycles. The van der Waals surface area contributed by atoms with Crippen LogP contribution in [0.2, 0.25) is 0 Å². The molecule has 29 heavy (non-hydrogen) atoms. The van der Waals surface area contributed by atoms with E-state index >= 15 is 0 Å². The first-order chi connectivity index (χ1) is 13.6. The van der Waals surface area contributed by atoms with Gasteiger partial charge in [0.05, 0.1) is 6.04 Å². The average Bonchev–Trinajstić information content (AvgIpc) is 2.66. The van der Waals surface area contributed by atoms with Gasteiger partial charge < -0.3 is 15.4 Å². The van der Waals surface area contributed by atoms with Crippen LogP contribution >= 0.6 is 0 Å². The molecular weight excluding hydrogens is 389 g/mol. The Morgan fingerprint density at radius 3 is 2.55 bits per heavy atom. The van der Waals surface area contributed by atoms with E-state index in [1.54, 1.807) is 26.8 Å². The average molecular weight is 410 g/mol. The highest BCUT2D eigenvalue weighted by atomic mass is 19.4. The molecule has 2 aromatic heterocycles. The SMILES string of the molecule is CCNC(=O)c1ccnc(C(=O)NC(C)c2cnc(OCC(F)(F)F)c(C)c2)c1. The number of hydrogen-bond donors (Lipinski definition) is 2. The van der Waals surface area contributed by atoms with E-state index < -0.39 is 24.7 Å². The Labute approximate surface area is 165 Å². The molecule has 0 fully saturated rings. The summed E-state index contributed by atoms with van der Waals surface area (Å²) in [7, 11) is 0. The van der Waals surface area contributed by atoms with Crippen molar-refractivity contribution < 1.29 is 27.5 Å². The van der Waals surface area contributed by atoms with Crippen molar-refractivity contribution in [3.63, 3.8) is 0 Å². The lowest BCUT2D eigenvalue weighted by molar-refractivity contribution is -0.154. The number of rotatable bonds is 7. The number of halogens is 3. The minimum Gasteiger partial charge on any atom is -0.468 e. The molecule has 0 aliphatic carbocycles. The summed E-state index contributed by atoms with van der Waals surface area (Å²) < 4.78 is 41.5. The number of carbonyl (C=O) groups excluding carboxylic acids is 2. The lowest BCUT2D eigenvalue weighted by atomic mass is 10.1. The zero-order valence-electron chi connectivity index (χ0n) is 16.1. The van der Waals surface area contributed by atoms with Crippen molar-refractivity contribution in [1.29, 1.82) is 0 Å². The number of aryl methyl sites for hydroxylation is 1. The highest BCUT2D eigenvalue weighted by Gasteiger charge is 2.29. The van der Waals surface area contributed by atoms with Crippen molar-refractivity contribution in [3.05, 3.63) is 53.0 Å². The number of pyridine rings is 2. The maximum absolute atomic E-state index is 12.5. The Balaban J connectivity index is 2.07. The summed E-state index contributed by atoms with van der Waals surface area (Å²) in [6.45, 7) is 4.06. The van der Waals surface area contributed by atoms with Gasteiger partial charge in [0, 0.05) is 30.1 Å². The van der Waals surface area contributed by atoms with Crippen molar-refractivity contribution >= 4 is 11.8 Å². The predicted octanol–water partition coefficient (Wildman–Crippen LogP) is 2.97. The smallest absolute Gasteiger partial charge is 0.422 e. The molecule has 10 heteroatoms. The molecule has 0 spiro atoms. The van der Waals surface area contributed by atoms with Crippen molar-refractivity contribution in [1.82, 2.24) is 20.6 Å². The molecule has 1 unspecified atom stereocenters. The standard InChI is InChI=1S/C19H21F3N4O3/c1-4-23-16(27)13-5-6-24-15(8-13)17(28)26-12(3)14-7-11(2)18(25-9-14)29-10-19(20,21)22/h5-9,12H,4,10H2,1-3H3,(H,23,27)(H,26,28). The quantitative estimate of drug-likeness (QED) is 0.732. The van der Waals surface area contributed by atoms with Crippen LogP contribution in [0, 0.1) is 6.92 Å². The summed E-state index contributed by atoms with van der Waals surface area (Å²) in [6.07, 6.45) is -1.76. The first-order valence-corrected chi connectivity index (χ1v) is 8.82. The summed E-state index contributed by atoms with van der Waals surface area (Å²) in [5.41, 5.74) is 1.36. The molecule has 2 amide bonds. The normalized spacial score (nSPS) is 12.2. The fourth-order valence-electron chi connectivity index (χ4n) is 2.43. The molecule has 0 aliphatic rings. The number of ether oxygens (including phenoxy) is 1. The monoisotopic (exact) mass is 410 g/mol. The molecule has 7 nitrogen and oxygen atoms in total. The molecule has 2 rings (SSSR count). The zero-order valence-corrected chi connectivity index (χ0v) is 16.1. The Morgan fingerprint density at radius 2 is 1.93 bits per heavy atom. The van der Waals surface area contributed by atoms with E-state index in [0.717, 1.165) is 0 Å². The van der Waals surface area contributed by atoms with Crippen LogP contribution in [0.15, 0.2) is 30.6 Å². The molecule has 0 saturated carbocycles. The third-order valence-electron chi connectivity index (χ3n) is 3.86. The molecule has 156 valence electrons. The topological polar surface area (TPSA) is 93.2 Å². The van der Waals surface area contributed by atoms with Crippen molar-refractivity contribution in [3.8, 4) is 5.88 Å². The lowest BCUT2D eigenvalue weighted by Crippen LogP contribution is -2.28. The van der Waals surface area contributed by atoms with Gasteiger partial charge in [0.25, 0.3) is 11.8 Å². The number of nitrogens with zero attached hydrogens (tertiary/aromatic N) is 2. The van der Waals surface area contributed by atoms with Gasteiger partial charge in [0.15, 0.2) is 6.61 Å². The van der Waals surface area contributed by atoms with Gasteiger partial charge in [-0.05, 0) is 44.5 Å². The summed E-state index contributed by atoms with van der Waals surface area (Å²) in [5.74, 6) is -0.939. The van der Waals surface area contributed by atoms with Gasteiger partial charge in [-0.1, -0.05) is 0 Å². The molecule has 2 N–H and O–H groups in total. The van der Waals surface area contributed by atoms with Crippen LogP contribution in [0.25, 0.3) is 0 Å². The second-order valence-electron chi connectivity index (χ2n) is 6.28. The highest BCUT2D eigenvalue weighted by Crippen LogP contribution is 2.22. The zero-order chi connectivity index (χ0) is 21.6. The maximum atomic E-state index is 12.5. The third kappa shape index (κ3) is 6.44. The number of alkyl halides is 3. The van der Waals surface area contributed by atoms with Gasteiger partial charge >= 0.3 is 6.18 Å². The van der Waals surface area contributed by atoms with E-state index in [1.165, 1.54) is 24.5 Å². The Kier molecular flexibility index (Phi) is 7.13. The largest absolute Gasteiger partial charge is 0.468 e. The van der Waals surface area contributed by atoms with E-state index in [0.29, 0.717) is 23.2 Å². The minimum absolute atomic E-state index is 0.0652. The van der Waals surface area contributed by atoms with Gasteiger partial charge in [0.1, 0.15) is 5.69 Å². The van der Waals surface area contributed by atoms with Gasteiger partial charge in [-0.3, -0.25) is 14.6 Å². The minimum atomic E-state index is -4.45. The van der Waals surface area contributed by atoms with Gasteiger partial charge in [0.2, 0.25) is 5.88 Å². The number of amides is 2. The lowest BCUT2D eigenvalue weighted by Gasteiger charge is -2.16. The van der Waals surface area contributed by atoms with Crippen LogP contribution in [0.3, 0.4) is 0 Å². The molecule has 0 aromatic carbocycles. The van der Waals surface area contributed by atoms with Crippen molar-refractivity contribution in [2.45, 2.75) is 33.0 Å². The fourth-order valence-corrected chi connectivity index (χ4v) is 2.43. The maximum Gasteiger partial charge on any atom is 0.422 e. The second-order valence-corrected chi connectivity index (χ2v) is 6.28. The van der Waals surface area contributed by atoms with Crippen molar-refractivity contribution in [2.75, 3.05) is 13.2 Å². The van der Waals surface area contributed by atoms with Crippen LogP contribution in [0.4, 0.5) is 13.2 Å². The van der Waals surface area contributed by atoms with Crippen LogP contribution in [-0.4, -0.2) is 41.1 Å². The van der Waals surface area contributed by atoms with E-state index in [-0.39, 0.29) is 17.5 Å². The molecule has 1 atom stereocenters. The van der Waals surface area contributed by atoms with Crippen LogP contribution < -0.4 is 15.4 Å². The number of hydrogen-bond acceptors (Lipinski definition) is 5. The van der Waals surface area contributed by atoms with E-state index in [1.807, 2.05) is 0 Å². The molecule has 2 aromatic rings.